The lowest BCUT2D eigenvalue weighted by molar-refractivity contribution is 0.700. The zero-order chi connectivity index (χ0) is 11.5. The van der Waals surface area contributed by atoms with Gasteiger partial charge in [0.2, 0.25) is 0 Å². The number of nitrogen functional groups attached to an aromatic ring is 2. The summed E-state index contributed by atoms with van der Waals surface area (Å²) in [7, 11) is 0. The van der Waals surface area contributed by atoms with Gasteiger partial charge in [-0.3, -0.25) is 0 Å². The molecule has 4 N–H and O–H groups in total. The summed E-state index contributed by atoms with van der Waals surface area (Å²) in [6, 6.07) is 11.7. The van der Waals surface area contributed by atoms with Crippen LogP contribution in [-0.4, -0.2) is 9.78 Å². The van der Waals surface area contributed by atoms with Crippen molar-refractivity contribution in [2.45, 2.75) is 6.54 Å². The molecular weight excluding hydrogens is 202 g/mol. The highest BCUT2D eigenvalue weighted by Gasteiger charge is 2.12. The van der Waals surface area contributed by atoms with Gasteiger partial charge >= 0.3 is 0 Å². The standard InChI is InChI=1S/C11H11N5/c12-6-9-10(13)15-16(11(9)14)7-8-4-2-1-3-5-8/h1-5H,7,14H2,(H2,13,15). The zero-order valence-electron chi connectivity index (χ0n) is 8.59. The number of anilines is 2. The Kier molecular flexibility index (Phi) is 2.48. The average molecular weight is 213 g/mol. The normalized spacial score (nSPS) is 9.94. The second-order valence-corrected chi connectivity index (χ2v) is 3.40. The molecule has 0 radical (unpaired) electrons. The van der Waals surface area contributed by atoms with Gasteiger partial charge in [-0.2, -0.15) is 10.4 Å². The maximum atomic E-state index is 8.82. The van der Waals surface area contributed by atoms with Crippen LogP contribution in [0, 0.1) is 11.3 Å². The number of nitrogens with two attached hydrogens (primary N) is 2. The van der Waals surface area contributed by atoms with Gasteiger partial charge in [0.05, 0.1) is 6.54 Å². The SMILES string of the molecule is N#Cc1c(N)nn(Cc2ccccc2)c1N. The number of aromatic nitrogens is 2. The first kappa shape index (κ1) is 10.1. The van der Waals surface area contributed by atoms with E-state index >= 15 is 0 Å². The Morgan fingerprint density at radius 3 is 2.50 bits per heavy atom. The van der Waals surface area contributed by atoms with Crippen molar-refractivity contribution in [2.24, 2.45) is 0 Å². The first-order valence-electron chi connectivity index (χ1n) is 4.78. The van der Waals surface area contributed by atoms with Gasteiger partial charge in [0.25, 0.3) is 0 Å². The Balaban J connectivity index is 2.34. The molecule has 5 heteroatoms. The molecule has 0 aliphatic carbocycles. The summed E-state index contributed by atoms with van der Waals surface area (Å²) in [5.74, 6) is 0.486. The topological polar surface area (TPSA) is 93.6 Å². The second kappa shape index (κ2) is 3.95. The lowest BCUT2D eigenvalue weighted by atomic mass is 10.2. The molecule has 0 aliphatic rings. The quantitative estimate of drug-likeness (QED) is 0.777. The first-order valence-corrected chi connectivity index (χ1v) is 4.78. The van der Waals surface area contributed by atoms with Crippen LogP contribution in [0.15, 0.2) is 30.3 Å². The monoisotopic (exact) mass is 213 g/mol. The zero-order valence-corrected chi connectivity index (χ0v) is 8.59. The summed E-state index contributed by atoms with van der Waals surface area (Å²) < 4.78 is 1.53. The van der Waals surface area contributed by atoms with Gasteiger partial charge in [0, 0.05) is 0 Å². The van der Waals surface area contributed by atoms with Crippen LogP contribution < -0.4 is 11.5 Å². The fourth-order valence-corrected chi connectivity index (χ4v) is 1.49. The molecule has 0 aliphatic heterocycles. The fourth-order valence-electron chi connectivity index (χ4n) is 1.49. The lowest BCUT2D eigenvalue weighted by Gasteiger charge is -2.03. The highest BCUT2D eigenvalue weighted by atomic mass is 15.3. The van der Waals surface area contributed by atoms with E-state index in [-0.39, 0.29) is 11.4 Å². The third-order valence-electron chi connectivity index (χ3n) is 2.31. The van der Waals surface area contributed by atoms with E-state index in [9.17, 15) is 0 Å². The smallest absolute Gasteiger partial charge is 0.165 e. The summed E-state index contributed by atoms with van der Waals surface area (Å²) in [5.41, 5.74) is 12.6. The van der Waals surface area contributed by atoms with Crippen LogP contribution in [0.3, 0.4) is 0 Å². The van der Waals surface area contributed by atoms with Crippen LogP contribution in [0.4, 0.5) is 11.6 Å². The van der Waals surface area contributed by atoms with E-state index in [1.165, 1.54) is 4.68 Å². The van der Waals surface area contributed by atoms with E-state index in [0.717, 1.165) is 5.56 Å². The summed E-state index contributed by atoms with van der Waals surface area (Å²) in [4.78, 5) is 0. The third kappa shape index (κ3) is 1.68. The van der Waals surface area contributed by atoms with Gasteiger partial charge in [-0.1, -0.05) is 30.3 Å². The molecule has 0 fully saturated rings. The Hall–Kier alpha value is -2.48. The lowest BCUT2D eigenvalue weighted by Crippen LogP contribution is -2.06. The van der Waals surface area contributed by atoms with Gasteiger partial charge in [-0.25, -0.2) is 4.68 Å². The number of nitrogens with zero attached hydrogens (tertiary/aromatic N) is 3. The van der Waals surface area contributed by atoms with E-state index in [0.29, 0.717) is 12.4 Å². The third-order valence-corrected chi connectivity index (χ3v) is 2.31. The van der Waals surface area contributed by atoms with E-state index in [2.05, 4.69) is 5.10 Å². The fraction of sp³-hybridized carbons (Fsp3) is 0.0909. The van der Waals surface area contributed by atoms with Gasteiger partial charge in [-0.05, 0) is 5.56 Å². The molecule has 0 atom stereocenters. The van der Waals surface area contributed by atoms with E-state index < -0.39 is 0 Å². The minimum absolute atomic E-state index is 0.177. The summed E-state index contributed by atoms with van der Waals surface area (Å²) in [6.45, 7) is 0.512. The van der Waals surface area contributed by atoms with Crippen LogP contribution in [-0.2, 0) is 6.54 Å². The molecule has 1 aromatic heterocycles. The molecule has 80 valence electrons. The number of hydrogen-bond acceptors (Lipinski definition) is 4. The number of nitriles is 1. The molecule has 0 amide bonds. The minimum atomic E-state index is 0.177. The van der Waals surface area contributed by atoms with Crippen molar-refractivity contribution < 1.29 is 0 Å². The second-order valence-electron chi connectivity index (χ2n) is 3.40. The van der Waals surface area contributed by atoms with E-state index in [1.54, 1.807) is 0 Å². The summed E-state index contributed by atoms with van der Waals surface area (Å²) >= 11 is 0. The Bertz CT molecular complexity index is 535. The van der Waals surface area contributed by atoms with E-state index in [1.807, 2.05) is 36.4 Å². The largest absolute Gasteiger partial charge is 0.383 e. The van der Waals surface area contributed by atoms with Gasteiger partial charge in [0.15, 0.2) is 5.82 Å². The number of rotatable bonds is 2. The van der Waals surface area contributed by atoms with Gasteiger partial charge < -0.3 is 11.5 Å². The van der Waals surface area contributed by atoms with Crippen LogP contribution in [0.5, 0.6) is 0 Å². The predicted molar refractivity (Wildman–Crippen MR) is 61.3 cm³/mol. The summed E-state index contributed by atoms with van der Waals surface area (Å²) in [5, 5.41) is 12.8. The molecule has 16 heavy (non-hydrogen) atoms. The predicted octanol–water partition coefficient (Wildman–Crippen LogP) is 0.967. The van der Waals surface area contributed by atoms with Gasteiger partial charge in [0.1, 0.15) is 17.5 Å². The van der Waals surface area contributed by atoms with E-state index in [4.69, 9.17) is 16.7 Å². The maximum Gasteiger partial charge on any atom is 0.165 e. The molecule has 0 saturated heterocycles. The van der Waals surface area contributed by atoms with Crippen molar-refractivity contribution in [2.75, 3.05) is 11.5 Å². The highest BCUT2D eigenvalue weighted by molar-refractivity contribution is 5.61. The minimum Gasteiger partial charge on any atom is -0.383 e. The van der Waals surface area contributed by atoms with Crippen molar-refractivity contribution in [3.8, 4) is 6.07 Å². The van der Waals surface area contributed by atoms with Crippen LogP contribution in [0.2, 0.25) is 0 Å². The van der Waals surface area contributed by atoms with Crippen LogP contribution in [0.1, 0.15) is 11.1 Å². The molecular formula is C11H11N5. The molecule has 2 rings (SSSR count). The van der Waals surface area contributed by atoms with Crippen molar-refractivity contribution in [1.82, 2.24) is 9.78 Å². The Morgan fingerprint density at radius 1 is 1.25 bits per heavy atom. The summed E-state index contributed by atoms with van der Waals surface area (Å²) in [6.07, 6.45) is 0. The molecule has 5 nitrogen and oxygen atoms in total. The molecule has 0 bridgehead atoms. The van der Waals surface area contributed by atoms with Crippen LogP contribution in [0.25, 0.3) is 0 Å². The van der Waals surface area contributed by atoms with Crippen molar-refractivity contribution in [3.05, 3.63) is 41.5 Å². The van der Waals surface area contributed by atoms with Gasteiger partial charge in [-0.15, -0.1) is 0 Å². The molecule has 0 unspecified atom stereocenters. The number of hydrogen-bond donors (Lipinski definition) is 2. The first-order chi connectivity index (χ1) is 7.72. The molecule has 2 aromatic rings. The highest BCUT2D eigenvalue weighted by Crippen LogP contribution is 2.18. The average Bonchev–Trinajstić information content (AvgIpc) is 2.55. The maximum absolute atomic E-state index is 8.82. The van der Waals surface area contributed by atoms with Crippen LogP contribution >= 0.6 is 0 Å². The molecule has 1 aromatic carbocycles. The molecule has 0 saturated carbocycles. The molecule has 0 spiro atoms. The van der Waals surface area contributed by atoms with Crippen molar-refractivity contribution in [3.63, 3.8) is 0 Å². The van der Waals surface area contributed by atoms with Crippen molar-refractivity contribution >= 4 is 11.6 Å². The Labute approximate surface area is 92.9 Å². The molecule has 1 heterocycles. The number of benzene rings is 1. The van der Waals surface area contributed by atoms with Crippen molar-refractivity contribution in [1.29, 1.82) is 5.26 Å². The Morgan fingerprint density at radius 2 is 1.94 bits per heavy atom.